The fraction of sp³-hybridized carbons (Fsp3) is 0.250. The summed E-state index contributed by atoms with van der Waals surface area (Å²) < 4.78 is 1.29. The summed E-state index contributed by atoms with van der Waals surface area (Å²) in [6.07, 6.45) is 0. The maximum atomic E-state index is 2.40. The third kappa shape index (κ3) is 3.48. The molecule has 0 radical (unpaired) electrons. The van der Waals surface area contributed by atoms with E-state index in [0.717, 1.165) is 13.1 Å². The van der Waals surface area contributed by atoms with Crippen LogP contribution in [0, 0.1) is 10.5 Å². The average Bonchev–Trinajstić information content (AvgIpc) is 2.38. The number of anilines is 1. The third-order valence-electron chi connectivity index (χ3n) is 3.04. The van der Waals surface area contributed by atoms with Crippen LogP contribution in [0.5, 0.6) is 0 Å². The molecule has 0 aliphatic carbocycles. The first-order valence-corrected chi connectivity index (χ1v) is 7.33. The summed E-state index contributed by atoms with van der Waals surface area (Å²) in [6.45, 7) is 6.34. The van der Waals surface area contributed by atoms with Gasteiger partial charge in [-0.15, -0.1) is 0 Å². The second-order valence-electron chi connectivity index (χ2n) is 4.48. The molecule has 0 aliphatic heterocycles. The largest absolute Gasteiger partial charge is 0.367 e. The number of hydrogen-bond acceptors (Lipinski definition) is 1. The van der Waals surface area contributed by atoms with Crippen LogP contribution < -0.4 is 4.90 Å². The molecule has 0 saturated heterocycles. The topological polar surface area (TPSA) is 3.24 Å². The van der Waals surface area contributed by atoms with Crippen molar-refractivity contribution in [3.8, 4) is 0 Å². The van der Waals surface area contributed by atoms with Crippen LogP contribution in [0.1, 0.15) is 18.1 Å². The molecule has 0 aromatic heterocycles. The first kappa shape index (κ1) is 13.4. The molecule has 0 atom stereocenters. The Labute approximate surface area is 123 Å². The molecule has 0 spiro atoms. The van der Waals surface area contributed by atoms with Gasteiger partial charge in [-0.2, -0.15) is 0 Å². The van der Waals surface area contributed by atoms with Crippen molar-refractivity contribution in [3.05, 3.63) is 63.2 Å². The summed E-state index contributed by atoms with van der Waals surface area (Å²) in [5, 5.41) is 0. The van der Waals surface area contributed by atoms with E-state index in [9.17, 15) is 0 Å². The van der Waals surface area contributed by atoms with Crippen LogP contribution >= 0.6 is 22.6 Å². The van der Waals surface area contributed by atoms with Gasteiger partial charge in [0.05, 0.1) is 0 Å². The van der Waals surface area contributed by atoms with Crippen molar-refractivity contribution in [2.45, 2.75) is 20.4 Å². The number of benzene rings is 2. The minimum absolute atomic E-state index is 0.969. The lowest BCUT2D eigenvalue weighted by atomic mass is 10.1. The average molecular weight is 351 g/mol. The predicted octanol–water partition coefficient (Wildman–Crippen LogP) is 4.63. The summed E-state index contributed by atoms with van der Waals surface area (Å²) in [6, 6.07) is 17.4. The predicted molar refractivity (Wildman–Crippen MR) is 87.1 cm³/mol. The molecule has 0 aliphatic rings. The van der Waals surface area contributed by atoms with Gasteiger partial charge in [0, 0.05) is 22.3 Å². The van der Waals surface area contributed by atoms with Crippen molar-refractivity contribution in [2.24, 2.45) is 0 Å². The highest BCUT2D eigenvalue weighted by atomic mass is 127. The van der Waals surface area contributed by atoms with Crippen molar-refractivity contribution >= 4 is 28.3 Å². The second kappa shape index (κ2) is 6.23. The van der Waals surface area contributed by atoms with Gasteiger partial charge < -0.3 is 4.90 Å². The van der Waals surface area contributed by atoms with E-state index in [1.165, 1.54) is 20.4 Å². The maximum Gasteiger partial charge on any atom is 0.0429 e. The molecule has 2 heteroatoms. The number of halogens is 1. The number of rotatable bonds is 4. The highest BCUT2D eigenvalue weighted by Crippen LogP contribution is 2.18. The Balaban J connectivity index is 2.17. The maximum absolute atomic E-state index is 2.40. The fourth-order valence-electron chi connectivity index (χ4n) is 2.02. The van der Waals surface area contributed by atoms with E-state index in [1.807, 2.05) is 0 Å². The molecule has 0 unspecified atom stereocenters. The molecule has 0 saturated carbocycles. The van der Waals surface area contributed by atoms with Gasteiger partial charge in [-0.25, -0.2) is 0 Å². The van der Waals surface area contributed by atoms with E-state index in [0.29, 0.717) is 0 Å². The molecule has 18 heavy (non-hydrogen) atoms. The molecule has 0 N–H and O–H groups in total. The molecule has 0 amide bonds. The van der Waals surface area contributed by atoms with Gasteiger partial charge in [0.2, 0.25) is 0 Å². The number of nitrogens with zero attached hydrogens (tertiary/aromatic N) is 1. The van der Waals surface area contributed by atoms with Crippen molar-refractivity contribution in [3.63, 3.8) is 0 Å². The highest BCUT2D eigenvalue weighted by molar-refractivity contribution is 14.1. The van der Waals surface area contributed by atoms with E-state index < -0.39 is 0 Å². The second-order valence-corrected chi connectivity index (χ2v) is 5.73. The lowest BCUT2D eigenvalue weighted by Gasteiger charge is -2.23. The molecule has 2 aromatic rings. The summed E-state index contributed by atoms with van der Waals surface area (Å²) in [4.78, 5) is 2.40. The lowest BCUT2D eigenvalue weighted by molar-refractivity contribution is 0.831. The normalized spacial score (nSPS) is 10.4. The van der Waals surface area contributed by atoms with E-state index in [2.05, 4.69) is 89.9 Å². The Morgan fingerprint density at radius 2 is 1.78 bits per heavy atom. The van der Waals surface area contributed by atoms with Crippen LogP contribution in [0.4, 0.5) is 5.69 Å². The van der Waals surface area contributed by atoms with Crippen LogP contribution in [0.15, 0.2) is 48.5 Å². The third-order valence-corrected chi connectivity index (χ3v) is 3.75. The van der Waals surface area contributed by atoms with Crippen LogP contribution in [0.25, 0.3) is 0 Å². The highest BCUT2D eigenvalue weighted by Gasteiger charge is 2.05. The van der Waals surface area contributed by atoms with Crippen LogP contribution in [-0.4, -0.2) is 6.54 Å². The van der Waals surface area contributed by atoms with E-state index >= 15 is 0 Å². The molecule has 0 bridgehead atoms. The van der Waals surface area contributed by atoms with Gasteiger partial charge >= 0.3 is 0 Å². The number of aryl methyl sites for hydroxylation is 1. The summed E-state index contributed by atoms with van der Waals surface area (Å²) in [7, 11) is 0. The SMILES string of the molecule is CCN(Cc1ccc(I)cc1)c1cccc(C)c1. The van der Waals surface area contributed by atoms with Gasteiger partial charge in [-0.3, -0.25) is 0 Å². The fourth-order valence-corrected chi connectivity index (χ4v) is 2.38. The minimum Gasteiger partial charge on any atom is -0.367 e. The van der Waals surface area contributed by atoms with Gasteiger partial charge in [0.1, 0.15) is 0 Å². The van der Waals surface area contributed by atoms with Gasteiger partial charge in [0.25, 0.3) is 0 Å². The molecule has 94 valence electrons. The Kier molecular flexibility index (Phi) is 4.64. The van der Waals surface area contributed by atoms with Crippen molar-refractivity contribution < 1.29 is 0 Å². The first-order valence-electron chi connectivity index (χ1n) is 6.25. The molecule has 2 rings (SSSR count). The van der Waals surface area contributed by atoms with Gasteiger partial charge in [-0.1, -0.05) is 24.3 Å². The Morgan fingerprint density at radius 1 is 1.06 bits per heavy atom. The zero-order valence-electron chi connectivity index (χ0n) is 10.9. The quantitative estimate of drug-likeness (QED) is 0.727. The van der Waals surface area contributed by atoms with E-state index in [-0.39, 0.29) is 0 Å². The molecule has 1 nitrogen and oxygen atoms in total. The summed E-state index contributed by atoms with van der Waals surface area (Å²) in [5.74, 6) is 0. The van der Waals surface area contributed by atoms with E-state index in [1.54, 1.807) is 0 Å². The van der Waals surface area contributed by atoms with Gasteiger partial charge in [-0.05, 0) is 71.8 Å². The minimum atomic E-state index is 0.969. The van der Waals surface area contributed by atoms with E-state index in [4.69, 9.17) is 0 Å². The monoisotopic (exact) mass is 351 g/mol. The van der Waals surface area contributed by atoms with Crippen molar-refractivity contribution in [1.29, 1.82) is 0 Å². The molecule has 0 fully saturated rings. The smallest absolute Gasteiger partial charge is 0.0429 e. The summed E-state index contributed by atoms with van der Waals surface area (Å²) >= 11 is 2.34. The van der Waals surface area contributed by atoms with Crippen molar-refractivity contribution in [1.82, 2.24) is 0 Å². The van der Waals surface area contributed by atoms with Gasteiger partial charge in [0.15, 0.2) is 0 Å². The van der Waals surface area contributed by atoms with Crippen LogP contribution in [0.2, 0.25) is 0 Å². The van der Waals surface area contributed by atoms with Crippen LogP contribution in [0.3, 0.4) is 0 Å². The zero-order valence-corrected chi connectivity index (χ0v) is 13.0. The molecule has 0 heterocycles. The van der Waals surface area contributed by atoms with Crippen LogP contribution in [-0.2, 0) is 6.54 Å². The first-order chi connectivity index (χ1) is 8.69. The number of hydrogen-bond donors (Lipinski definition) is 0. The Bertz CT molecular complexity index is 505. The molecule has 2 aromatic carbocycles. The Morgan fingerprint density at radius 3 is 2.39 bits per heavy atom. The summed E-state index contributed by atoms with van der Waals surface area (Å²) in [5.41, 5.74) is 3.98. The zero-order chi connectivity index (χ0) is 13.0. The lowest BCUT2D eigenvalue weighted by Crippen LogP contribution is -2.21. The standard InChI is InChI=1S/C16H18IN/c1-3-18(16-6-4-5-13(2)11-16)12-14-7-9-15(17)10-8-14/h4-11H,3,12H2,1-2H3. The Hall–Kier alpha value is -1.03. The molecular formula is C16H18IN. The van der Waals surface area contributed by atoms with Crippen molar-refractivity contribution in [2.75, 3.05) is 11.4 Å². The molecular weight excluding hydrogens is 333 g/mol.